The number of hydrogen-bond acceptors (Lipinski definition) is 5. The standard InChI is InChI=1S/C19H26NO4P/c1-23-25(22,24-2)16-19(21)15-20(13-17-9-5-3-6-10-17)14-18-11-7-4-8-12-18/h3-12,19,21H,13-16H2,1-2H3. The van der Waals surface area contributed by atoms with Gasteiger partial charge in [-0.25, -0.2) is 0 Å². The van der Waals surface area contributed by atoms with Gasteiger partial charge in [-0.05, 0) is 11.1 Å². The largest absolute Gasteiger partial charge is 0.391 e. The molecule has 2 aromatic carbocycles. The monoisotopic (exact) mass is 363 g/mol. The molecule has 0 aliphatic carbocycles. The van der Waals surface area contributed by atoms with Gasteiger partial charge in [-0.1, -0.05) is 60.7 Å². The third-order valence-electron chi connectivity index (χ3n) is 3.96. The Balaban J connectivity index is 2.06. The van der Waals surface area contributed by atoms with Crippen molar-refractivity contribution in [2.45, 2.75) is 19.2 Å². The van der Waals surface area contributed by atoms with E-state index in [1.54, 1.807) is 0 Å². The first-order valence-corrected chi connectivity index (χ1v) is 9.96. The van der Waals surface area contributed by atoms with E-state index in [1.807, 2.05) is 36.4 Å². The lowest BCUT2D eigenvalue weighted by Crippen LogP contribution is -2.33. The van der Waals surface area contributed by atoms with Gasteiger partial charge in [-0.2, -0.15) is 0 Å². The smallest absolute Gasteiger partial charge is 0.332 e. The summed E-state index contributed by atoms with van der Waals surface area (Å²) in [6, 6.07) is 20.2. The fraction of sp³-hybridized carbons (Fsp3) is 0.368. The zero-order valence-corrected chi connectivity index (χ0v) is 15.6. The summed E-state index contributed by atoms with van der Waals surface area (Å²) in [4.78, 5) is 2.13. The highest BCUT2D eigenvalue weighted by molar-refractivity contribution is 7.53. The van der Waals surface area contributed by atoms with Crippen molar-refractivity contribution in [2.24, 2.45) is 0 Å². The number of hydrogen-bond donors (Lipinski definition) is 1. The molecule has 0 spiro atoms. The van der Waals surface area contributed by atoms with Gasteiger partial charge in [-0.15, -0.1) is 0 Å². The molecule has 6 heteroatoms. The van der Waals surface area contributed by atoms with Crippen molar-refractivity contribution >= 4 is 7.60 Å². The van der Waals surface area contributed by atoms with E-state index in [1.165, 1.54) is 14.2 Å². The molecular weight excluding hydrogens is 337 g/mol. The van der Waals surface area contributed by atoms with Crippen LogP contribution in [0.2, 0.25) is 0 Å². The summed E-state index contributed by atoms with van der Waals surface area (Å²) in [6.07, 6.45) is -0.835. The van der Waals surface area contributed by atoms with Crippen LogP contribution in [0.25, 0.3) is 0 Å². The maximum Gasteiger partial charge on any atom is 0.332 e. The zero-order chi connectivity index (χ0) is 18.1. The predicted molar refractivity (Wildman–Crippen MR) is 99.5 cm³/mol. The normalized spacial score (nSPS) is 13.1. The molecule has 0 radical (unpaired) electrons. The molecule has 1 atom stereocenters. The Kier molecular flexibility index (Phi) is 7.82. The van der Waals surface area contributed by atoms with E-state index < -0.39 is 13.7 Å². The SMILES string of the molecule is COP(=O)(CC(O)CN(Cc1ccccc1)Cc1ccccc1)OC. The lowest BCUT2D eigenvalue weighted by molar-refractivity contribution is 0.113. The number of aliphatic hydroxyl groups excluding tert-OH is 1. The van der Waals surface area contributed by atoms with E-state index in [-0.39, 0.29) is 6.16 Å². The van der Waals surface area contributed by atoms with Crippen LogP contribution in [-0.4, -0.2) is 43.0 Å². The minimum absolute atomic E-state index is 0.0277. The molecule has 0 saturated carbocycles. The van der Waals surface area contributed by atoms with Crippen LogP contribution in [0.15, 0.2) is 60.7 Å². The quantitative estimate of drug-likeness (QED) is 0.655. The van der Waals surface area contributed by atoms with Crippen molar-refractivity contribution in [2.75, 3.05) is 26.9 Å². The van der Waals surface area contributed by atoms with E-state index >= 15 is 0 Å². The summed E-state index contributed by atoms with van der Waals surface area (Å²) in [6.45, 7) is 1.76. The van der Waals surface area contributed by atoms with Crippen LogP contribution >= 0.6 is 7.60 Å². The molecule has 0 amide bonds. The molecule has 2 rings (SSSR count). The van der Waals surface area contributed by atoms with Crippen LogP contribution in [0.5, 0.6) is 0 Å². The number of nitrogens with zero attached hydrogens (tertiary/aromatic N) is 1. The van der Waals surface area contributed by atoms with Gasteiger partial charge >= 0.3 is 7.60 Å². The molecule has 0 aliphatic heterocycles. The Labute approximate surface area is 149 Å². The lowest BCUT2D eigenvalue weighted by Gasteiger charge is -2.26. The van der Waals surface area contributed by atoms with Crippen molar-refractivity contribution in [1.82, 2.24) is 4.90 Å². The molecule has 0 aliphatic rings. The topological polar surface area (TPSA) is 59.0 Å². The molecule has 0 aromatic heterocycles. The highest BCUT2D eigenvalue weighted by Crippen LogP contribution is 2.46. The average Bonchev–Trinajstić information content (AvgIpc) is 2.63. The molecule has 136 valence electrons. The summed E-state index contributed by atoms with van der Waals surface area (Å²) in [5, 5.41) is 10.4. The average molecular weight is 363 g/mol. The highest BCUT2D eigenvalue weighted by atomic mass is 31.2. The Morgan fingerprint density at radius 1 is 0.920 bits per heavy atom. The van der Waals surface area contributed by atoms with Crippen LogP contribution < -0.4 is 0 Å². The Morgan fingerprint density at radius 2 is 1.36 bits per heavy atom. The van der Waals surface area contributed by atoms with Gasteiger partial charge in [-0.3, -0.25) is 9.46 Å². The fourth-order valence-electron chi connectivity index (χ4n) is 2.71. The molecule has 0 heterocycles. The van der Waals surface area contributed by atoms with Gasteiger partial charge in [0.25, 0.3) is 0 Å². The first-order valence-electron chi connectivity index (χ1n) is 8.23. The molecule has 0 bridgehead atoms. The molecule has 25 heavy (non-hydrogen) atoms. The van der Waals surface area contributed by atoms with E-state index in [2.05, 4.69) is 29.2 Å². The van der Waals surface area contributed by atoms with E-state index in [9.17, 15) is 9.67 Å². The molecule has 1 unspecified atom stereocenters. The molecule has 2 aromatic rings. The second-order valence-electron chi connectivity index (χ2n) is 5.95. The molecule has 0 fully saturated rings. The zero-order valence-electron chi connectivity index (χ0n) is 14.7. The third-order valence-corrected chi connectivity index (χ3v) is 5.94. The molecular formula is C19H26NO4P. The van der Waals surface area contributed by atoms with Crippen molar-refractivity contribution in [3.8, 4) is 0 Å². The van der Waals surface area contributed by atoms with Crippen LogP contribution in [-0.2, 0) is 26.7 Å². The van der Waals surface area contributed by atoms with Crippen LogP contribution in [0, 0.1) is 0 Å². The number of benzene rings is 2. The molecule has 5 nitrogen and oxygen atoms in total. The Bertz CT molecular complexity index is 616. The summed E-state index contributed by atoms with van der Waals surface area (Å²) < 4.78 is 22.1. The second kappa shape index (κ2) is 9.85. The van der Waals surface area contributed by atoms with Gasteiger partial charge in [0.05, 0.1) is 12.3 Å². The summed E-state index contributed by atoms with van der Waals surface area (Å²) >= 11 is 0. The van der Waals surface area contributed by atoms with Crippen LogP contribution in [0.4, 0.5) is 0 Å². The third kappa shape index (κ3) is 6.73. The fourth-order valence-corrected chi connectivity index (χ4v) is 3.78. The van der Waals surface area contributed by atoms with Gasteiger partial charge in [0.15, 0.2) is 0 Å². The highest BCUT2D eigenvalue weighted by Gasteiger charge is 2.27. The lowest BCUT2D eigenvalue weighted by atomic mass is 10.1. The first kappa shape index (κ1) is 19.8. The summed E-state index contributed by atoms with van der Waals surface area (Å²) in [5.74, 6) is 0. The second-order valence-corrected chi connectivity index (χ2v) is 8.27. The van der Waals surface area contributed by atoms with Gasteiger partial charge in [0, 0.05) is 33.9 Å². The molecule has 1 N–H and O–H groups in total. The first-order chi connectivity index (χ1) is 12.0. The maximum absolute atomic E-state index is 12.2. The van der Waals surface area contributed by atoms with Gasteiger partial charge in [0.1, 0.15) is 0 Å². The van der Waals surface area contributed by atoms with Gasteiger partial charge < -0.3 is 14.2 Å². The van der Waals surface area contributed by atoms with E-state index in [0.717, 1.165) is 11.1 Å². The van der Waals surface area contributed by atoms with Crippen LogP contribution in [0.1, 0.15) is 11.1 Å². The van der Waals surface area contributed by atoms with E-state index in [0.29, 0.717) is 19.6 Å². The van der Waals surface area contributed by atoms with E-state index in [4.69, 9.17) is 9.05 Å². The number of aliphatic hydroxyl groups is 1. The predicted octanol–water partition coefficient (Wildman–Crippen LogP) is 3.54. The number of rotatable bonds is 10. The van der Waals surface area contributed by atoms with Crippen molar-refractivity contribution in [1.29, 1.82) is 0 Å². The van der Waals surface area contributed by atoms with Crippen LogP contribution in [0.3, 0.4) is 0 Å². The minimum Gasteiger partial charge on any atom is -0.391 e. The van der Waals surface area contributed by atoms with Gasteiger partial charge in [0.2, 0.25) is 0 Å². The Morgan fingerprint density at radius 3 is 1.76 bits per heavy atom. The summed E-state index contributed by atoms with van der Waals surface area (Å²) in [5.41, 5.74) is 2.32. The maximum atomic E-state index is 12.2. The van der Waals surface area contributed by atoms with Crippen molar-refractivity contribution in [3.05, 3.63) is 71.8 Å². The Hall–Kier alpha value is -1.49. The summed E-state index contributed by atoms with van der Waals surface area (Å²) in [7, 11) is -0.563. The van der Waals surface area contributed by atoms with Crippen molar-refractivity contribution in [3.63, 3.8) is 0 Å². The minimum atomic E-state index is -3.24. The van der Waals surface area contributed by atoms with Crippen molar-refractivity contribution < 1.29 is 18.7 Å². The molecule has 0 saturated heterocycles.